The summed E-state index contributed by atoms with van der Waals surface area (Å²) >= 11 is 0. The lowest BCUT2D eigenvalue weighted by atomic mass is 10.3. The average Bonchev–Trinajstić information content (AvgIpc) is 2.35. The van der Waals surface area contributed by atoms with E-state index < -0.39 is 12.6 Å². The number of halogens is 3. The molecule has 4 heteroatoms. The lowest BCUT2D eigenvalue weighted by Crippen LogP contribution is -2.49. The van der Waals surface area contributed by atoms with Gasteiger partial charge in [-0.1, -0.05) is 0 Å². The van der Waals surface area contributed by atoms with E-state index in [0.717, 1.165) is 25.9 Å². The summed E-state index contributed by atoms with van der Waals surface area (Å²) in [6.07, 6.45) is 1.97. The summed E-state index contributed by atoms with van der Waals surface area (Å²) in [4.78, 5) is 0. The summed E-state index contributed by atoms with van der Waals surface area (Å²) in [6, 6.07) is 0. The summed E-state index contributed by atoms with van der Waals surface area (Å²) in [5, 5.41) is 0. The van der Waals surface area contributed by atoms with Gasteiger partial charge < -0.3 is 4.48 Å². The highest BCUT2D eigenvalue weighted by Gasteiger charge is 2.41. The fraction of sp³-hybridized carbons (Fsp3) is 1.00. The highest BCUT2D eigenvalue weighted by molar-refractivity contribution is 4.65. The Hall–Kier alpha value is -0.250. The molecule has 72 valence electrons. The van der Waals surface area contributed by atoms with Crippen LogP contribution in [0.25, 0.3) is 0 Å². The van der Waals surface area contributed by atoms with Crippen LogP contribution in [-0.2, 0) is 0 Å². The predicted octanol–water partition coefficient (Wildman–Crippen LogP) is 1.83. The molecule has 0 aliphatic carbocycles. The number of alkyl halides is 3. The molecule has 12 heavy (non-hydrogen) atoms. The number of nitrogens with zero attached hydrogens (tertiary/aromatic N) is 1. The maximum atomic E-state index is 12.7. The van der Waals surface area contributed by atoms with E-state index in [9.17, 15) is 13.2 Å². The molecule has 1 rings (SSSR count). The van der Waals surface area contributed by atoms with E-state index in [4.69, 9.17) is 0 Å². The quantitative estimate of drug-likeness (QED) is 0.584. The number of quaternary nitrogens is 1. The molecular weight excluding hydrogens is 167 g/mol. The first kappa shape index (κ1) is 9.84. The van der Waals surface area contributed by atoms with E-state index in [1.165, 1.54) is 0 Å². The van der Waals surface area contributed by atoms with Crippen molar-refractivity contribution in [1.82, 2.24) is 0 Å². The van der Waals surface area contributed by atoms with Crippen molar-refractivity contribution in [2.45, 2.75) is 18.8 Å². The monoisotopic (exact) mass is 182 g/mol. The van der Waals surface area contributed by atoms with Crippen molar-refractivity contribution in [1.29, 1.82) is 0 Å². The van der Waals surface area contributed by atoms with Crippen LogP contribution >= 0.6 is 0 Å². The van der Waals surface area contributed by atoms with E-state index in [1.54, 1.807) is 7.05 Å². The molecule has 1 heterocycles. The van der Waals surface area contributed by atoms with Crippen LogP contribution in [0, 0.1) is 0 Å². The van der Waals surface area contributed by atoms with Gasteiger partial charge in [0.25, 0.3) is 0 Å². The molecule has 1 saturated heterocycles. The van der Waals surface area contributed by atoms with Crippen molar-refractivity contribution in [2.75, 3.05) is 33.4 Å². The second kappa shape index (κ2) is 3.24. The molecule has 1 aliphatic heterocycles. The van der Waals surface area contributed by atoms with Crippen LogP contribution in [0.4, 0.5) is 13.2 Å². The smallest absolute Gasteiger partial charge is 0.321 e. The molecule has 0 aromatic carbocycles. The van der Waals surface area contributed by atoms with Crippen LogP contribution in [0.3, 0.4) is 0 Å². The van der Waals surface area contributed by atoms with Gasteiger partial charge in [0.15, 0.2) is 6.67 Å². The lowest BCUT2D eigenvalue weighted by molar-refractivity contribution is -0.905. The molecule has 0 saturated carbocycles. The third-order valence-electron chi connectivity index (χ3n) is 2.45. The fourth-order valence-corrected chi connectivity index (χ4v) is 1.86. The van der Waals surface area contributed by atoms with Gasteiger partial charge in [-0.15, -0.1) is 0 Å². The van der Waals surface area contributed by atoms with Gasteiger partial charge >= 0.3 is 5.92 Å². The highest BCUT2D eigenvalue weighted by Crippen LogP contribution is 2.24. The van der Waals surface area contributed by atoms with E-state index in [2.05, 4.69) is 0 Å². The van der Waals surface area contributed by atoms with E-state index in [1.807, 2.05) is 0 Å². The molecule has 0 unspecified atom stereocenters. The van der Waals surface area contributed by atoms with Gasteiger partial charge in [0.05, 0.1) is 20.1 Å². The Morgan fingerprint density at radius 2 is 1.75 bits per heavy atom. The Labute approximate surface area is 70.8 Å². The summed E-state index contributed by atoms with van der Waals surface area (Å²) in [5.41, 5.74) is 0. The zero-order valence-electron chi connectivity index (χ0n) is 7.32. The summed E-state index contributed by atoms with van der Waals surface area (Å²) in [7, 11) is 1.77. The molecule has 0 atom stereocenters. The van der Waals surface area contributed by atoms with Crippen molar-refractivity contribution in [3.8, 4) is 0 Å². The molecular formula is C8H15F3N+. The van der Waals surface area contributed by atoms with Crippen molar-refractivity contribution in [2.24, 2.45) is 0 Å². The minimum Gasteiger partial charge on any atom is -0.321 e. The Balaban J connectivity index is 2.48. The average molecular weight is 182 g/mol. The third kappa shape index (κ3) is 2.37. The van der Waals surface area contributed by atoms with Crippen LogP contribution in [0.1, 0.15) is 12.8 Å². The normalized spacial score (nSPS) is 23.0. The van der Waals surface area contributed by atoms with Crippen LogP contribution in [0.15, 0.2) is 0 Å². The number of hydrogen-bond donors (Lipinski definition) is 0. The lowest BCUT2D eigenvalue weighted by Gasteiger charge is -2.31. The minimum absolute atomic E-state index is 0.330. The van der Waals surface area contributed by atoms with E-state index >= 15 is 0 Å². The molecule has 0 bridgehead atoms. The topological polar surface area (TPSA) is 0 Å². The van der Waals surface area contributed by atoms with Crippen LogP contribution in [-0.4, -0.2) is 43.8 Å². The Bertz CT molecular complexity index is 152. The summed E-state index contributed by atoms with van der Waals surface area (Å²) in [5.74, 6) is -3.13. The standard InChI is InChI=1S/C8H15F3N/c1-12(4-2-3-5-12)7-8(10,11)6-9/h2-7H2,1H3/q+1. The Morgan fingerprint density at radius 1 is 1.25 bits per heavy atom. The number of hydrogen-bond acceptors (Lipinski definition) is 0. The van der Waals surface area contributed by atoms with Crippen molar-refractivity contribution in [3.63, 3.8) is 0 Å². The summed E-state index contributed by atoms with van der Waals surface area (Å²) in [6.45, 7) is -0.352. The second-order valence-corrected chi connectivity index (χ2v) is 3.92. The predicted molar refractivity (Wildman–Crippen MR) is 40.9 cm³/mol. The Morgan fingerprint density at radius 3 is 2.17 bits per heavy atom. The third-order valence-corrected chi connectivity index (χ3v) is 2.45. The van der Waals surface area contributed by atoms with Gasteiger partial charge in [-0.05, 0) is 0 Å². The van der Waals surface area contributed by atoms with Crippen LogP contribution in [0.5, 0.6) is 0 Å². The second-order valence-electron chi connectivity index (χ2n) is 3.92. The molecule has 1 fully saturated rings. The number of rotatable bonds is 3. The first-order chi connectivity index (χ1) is 5.47. The maximum absolute atomic E-state index is 12.7. The van der Waals surface area contributed by atoms with Crippen LogP contribution in [0.2, 0.25) is 0 Å². The van der Waals surface area contributed by atoms with Crippen molar-refractivity contribution >= 4 is 0 Å². The molecule has 0 N–H and O–H groups in total. The van der Waals surface area contributed by atoms with Crippen molar-refractivity contribution in [3.05, 3.63) is 0 Å². The zero-order valence-corrected chi connectivity index (χ0v) is 7.32. The van der Waals surface area contributed by atoms with E-state index in [0.29, 0.717) is 4.48 Å². The molecule has 0 radical (unpaired) electrons. The Kier molecular flexibility index (Phi) is 2.66. The van der Waals surface area contributed by atoms with Gasteiger partial charge in [0.2, 0.25) is 0 Å². The molecule has 0 aromatic heterocycles. The van der Waals surface area contributed by atoms with Gasteiger partial charge in [0.1, 0.15) is 6.54 Å². The molecule has 1 nitrogen and oxygen atoms in total. The minimum atomic E-state index is -3.13. The molecule has 0 aromatic rings. The molecule has 0 amide bonds. The SMILES string of the molecule is C[N+]1(CC(F)(F)CF)CCCC1. The summed E-state index contributed by atoms with van der Waals surface area (Å²) < 4.78 is 37.5. The largest absolute Gasteiger partial charge is 0.323 e. The first-order valence-corrected chi connectivity index (χ1v) is 4.25. The van der Waals surface area contributed by atoms with Gasteiger partial charge in [-0.3, -0.25) is 0 Å². The van der Waals surface area contributed by atoms with E-state index in [-0.39, 0.29) is 6.54 Å². The van der Waals surface area contributed by atoms with Crippen molar-refractivity contribution < 1.29 is 17.7 Å². The molecule has 0 spiro atoms. The van der Waals surface area contributed by atoms with Gasteiger partial charge in [0, 0.05) is 12.8 Å². The maximum Gasteiger partial charge on any atom is 0.323 e. The number of likely N-dealkylation sites (tertiary alicyclic amines) is 1. The van der Waals surface area contributed by atoms with Crippen LogP contribution < -0.4 is 0 Å². The zero-order chi connectivity index (χ0) is 9.24. The first-order valence-electron chi connectivity index (χ1n) is 4.25. The fourth-order valence-electron chi connectivity index (χ4n) is 1.86. The highest BCUT2D eigenvalue weighted by atomic mass is 19.3. The van der Waals surface area contributed by atoms with Gasteiger partial charge in [-0.25, -0.2) is 4.39 Å². The van der Waals surface area contributed by atoms with Gasteiger partial charge in [-0.2, -0.15) is 8.78 Å². The molecule has 1 aliphatic rings.